The van der Waals surface area contributed by atoms with Gasteiger partial charge in [0.25, 0.3) is 0 Å². The van der Waals surface area contributed by atoms with E-state index >= 15 is 0 Å². The van der Waals surface area contributed by atoms with Gasteiger partial charge < -0.3 is 9.47 Å². The summed E-state index contributed by atoms with van der Waals surface area (Å²) in [6.45, 7) is 0. The van der Waals surface area contributed by atoms with Crippen molar-refractivity contribution >= 4 is 5.78 Å². The molecule has 0 bridgehead atoms. The monoisotopic (exact) mass is 394 g/mol. The zero-order valence-electron chi connectivity index (χ0n) is 17.0. The number of methoxy groups -OCH3 is 2. The van der Waals surface area contributed by atoms with Gasteiger partial charge in [-0.15, -0.1) is 0 Å². The molecule has 3 nitrogen and oxygen atoms in total. The highest BCUT2D eigenvalue weighted by molar-refractivity contribution is 6.16. The Hall–Kier alpha value is -3.85. The van der Waals surface area contributed by atoms with Crippen molar-refractivity contribution in [3.8, 4) is 33.8 Å². The smallest absolute Gasteiger partial charge is 0.194 e. The summed E-state index contributed by atoms with van der Waals surface area (Å²) in [4.78, 5) is 13.6. The molecule has 0 saturated carbocycles. The predicted molar refractivity (Wildman–Crippen MR) is 120 cm³/mol. The first-order valence-corrected chi connectivity index (χ1v) is 9.73. The molecule has 0 heterocycles. The second-order valence-corrected chi connectivity index (χ2v) is 6.88. The Morgan fingerprint density at radius 2 is 0.900 bits per heavy atom. The Morgan fingerprint density at radius 3 is 1.27 bits per heavy atom. The topological polar surface area (TPSA) is 35.5 Å². The Labute approximate surface area is 176 Å². The second kappa shape index (κ2) is 8.66. The number of rotatable bonds is 6. The largest absolute Gasteiger partial charge is 0.497 e. The summed E-state index contributed by atoms with van der Waals surface area (Å²) >= 11 is 0. The normalized spacial score (nSPS) is 10.5. The summed E-state index contributed by atoms with van der Waals surface area (Å²) < 4.78 is 10.5. The van der Waals surface area contributed by atoms with Gasteiger partial charge in [-0.05, 0) is 46.5 Å². The van der Waals surface area contributed by atoms with Crippen molar-refractivity contribution in [1.29, 1.82) is 0 Å². The minimum Gasteiger partial charge on any atom is -0.497 e. The Kier molecular flexibility index (Phi) is 5.62. The van der Waals surface area contributed by atoms with E-state index in [0.29, 0.717) is 11.1 Å². The summed E-state index contributed by atoms with van der Waals surface area (Å²) in [6.07, 6.45) is 0. The van der Waals surface area contributed by atoms with Crippen LogP contribution in [-0.2, 0) is 0 Å². The van der Waals surface area contributed by atoms with E-state index in [-0.39, 0.29) is 5.78 Å². The van der Waals surface area contributed by atoms with E-state index in [2.05, 4.69) is 0 Å². The zero-order chi connectivity index (χ0) is 20.9. The van der Waals surface area contributed by atoms with Crippen LogP contribution in [0, 0.1) is 0 Å². The molecule has 0 aliphatic carbocycles. The third-order valence-electron chi connectivity index (χ3n) is 5.15. The molecule has 30 heavy (non-hydrogen) atoms. The third kappa shape index (κ3) is 3.83. The van der Waals surface area contributed by atoms with E-state index in [1.54, 1.807) is 14.2 Å². The Morgan fingerprint density at radius 1 is 0.533 bits per heavy atom. The molecule has 0 unspecified atom stereocenters. The van der Waals surface area contributed by atoms with Crippen LogP contribution in [0.3, 0.4) is 0 Å². The number of hydrogen-bond donors (Lipinski definition) is 0. The third-order valence-corrected chi connectivity index (χ3v) is 5.15. The molecule has 0 fully saturated rings. The number of hydrogen-bond acceptors (Lipinski definition) is 3. The molecule has 4 aromatic rings. The number of ether oxygens (including phenoxy) is 2. The fourth-order valence-electron chi connectivity index (χ4n) is 3.55. The molecular weight excluding hydrogens is 372 g/mol. The molecular formula is C27H22O3. The number of carbonyl (C=O) groups is 1. The first-order chi connectivity index (χ1) is 14.7. The van der Waals surface area contributed by atoms with Gasteiger partial charge in [0, 0.05) is 11.1 Å². The van der Waals surface area contributed by atoms with E-state index in [9.17, 15) is 4.79 Å². The van der Waals surface area contributed by atoms with Gasteiger partial charge in [-0.2, -0.15) is 0 Å². The molecule has 0 amide bonds. The lowest BCUT2D eigenvalue weighted by molar-refractivity contribution is 0.104. The molecule has 0 saturated heterocycles. The van der Waals surface area contributed by atoms with E-state index in [1.165, 1.54) is 0 Å². The van der Waals surface area contributed by atoms with Crippen molar-refractivity contribution in [2.75, 3.05) is 14.2 Å². The lowest BCUT2D eigenvalue weighted by atomic mass is 9.90. The van der Waals surface area contributed by atoms with E-state index in [0.717, 1.165) is 33.8 Å². The fraction of sp³-hybridized carbons (Fsp3) is 0.0741. The summed E-state index contributed by atoms with van der Waals surface area (Å²) in [7, 11) is 3.28. The number of benzene rings is 4. The van der Waals surface area contributed by atoms with Gasteiger partial charge in [-0.25, -0.2) is 0 Å². The fourth-order valence-corrected chi connectivity index (χ4v) is 3.55. The zero-order valence-corrected chi connectivity index (χ0v) is 17.0. The van der Waals surface area contributed by atoms with Crippen LogP contribution in [0.4, 0.5) is 0 Å². The lowest BCUT2D eigenvalue weighted by Gasteiger charge is -2.13. The van der Waals surface area contributed by atoms with Crippen LogP contribution in [0.1, 0.15) is 15.9 Å². The van der Waals surface area contributed by atoms with Gasteiger partial charge in [0.15, 0.2) is 5.78 Å². The van der Waals surface area contributed by atoms with Crippen molar-refractivity contribution in [1.82, 2.24) is 0 Å². The second-order valence-electron chi connectivity index (χ2n) is 6.88. The summed E-state index contributed by atoms with van der Waals surface area (Å²) in [5.74, 6) is 1.56. The van der Waals surface area contributed by atoms with Crippen molar-refractivity contribution in [3.05, 3.63) is 108 Å². The summed E-state index contributed by atoms with van der Waals surface area (Å²) in [6, 6.07) is 30.9. The molecule has 0 N–H and O–H groups in total. The molecule has 4 aromatic carbocycles. The number of carbonyl (C=O) groups excluding carboxylic acids is 1. The molecule has 0 spiro atoms. The quantitative estimate of drug-likeness (QED) is 0.362. The van der Waals surface area contributed by atoms with Crippen molar-refractivity contribution in [2.45, 2.75) is 0 Å². The van der Waals surface area contributed by atoms with E-state index in [4.69, 9.17) is 9.47 Å². The SMILES string of the molecule is COc1ccc(-c2ccccc2C(=O)c2ccccc2-c2ccc(OC)cc2)cc1. The minimum absolute atomic E-state index is 0.00663. The van der Waals surface area contributed by atoms with Crippen LogP contribution in [0.5, 0.6) is 11.5 Å². The van der Waals surface area contributed by atoms with Gasteiger partial charge in [-0.3, -0.25) is 4.79 Å². The van der Waals surface area contributed by atoms with Gasteiger partial charge >= 0.3 is 0 Å². The van der Waals surface area contributed by atoms with Gasteiger partial charge in [0.2, 0.25) is 0 Å². The molecule has 0 aromatic heterocycles. The average Bonchev–Trinajstić information content (AvgIpc) is 2.84. The lowest BCUT2D eigenvalue weighted by Crippen LogP contribution is -2.05. The first-order valence-electron chi connectivity index (χ1n) is 9.73. The van der Waals surface area contributed by atoms with E-state index < -0.39 is 0 Å². The predicted octanol–water partition coefficient (Wildman–Crippen LogP) is 6.27. The van der Waals surface area contributed by atoms with Gasteiger partial charge in [0.1, 0.15) is 11.5 Å². The van der Waals surface area contributed by atoms with Gasteiger partial charge in [-0.1, -0.05) is 72.8 Å². The maximum Gasteiger partial charge on any atom is 0.194 e. The molecule has 0 atom stereocenters. The van der Waals surface area contributed by atoms with Gasteiger partial charge in [0.05, 0.1) is 14.2 Å². The molecule has 0 radical (unpaired) electrons. The van der Waals surface area contributed by atoms with Crippen molar-refractivity contribution in [2.24, 2.45) is 0 Å². The van der Waals surface area contributed by atoms with Crippen LogP contribution in [-0.4, -0.2) is 20.0 Å². The molecule has 0 aliphatic rings. The Bertz CT molecular complexity index is 1070. The van der Waals surface area contributed by atoms with Crippen LogP contribution >= 0.6 is 0 Å². The molecule has 3 heteroatoms. The van der Waals surface area contributed by atoms with E-state index in [1.807, 2.05) is 97.1 Å². The summed E-state index contributed by atoms with van der Waals surface area (Å²) in [5, 5.41) is 0. The highest BCUT2D eigenvalue weighted by Crippen LogP contribution is 2.31. The minimum atomic E-state index is -0.00663. The van der Waals surface area contributed by atoms with Crippen LogP contribution in [0.25, 0.3) is 22.3 Å². The van der Waals surface area contributed by atoms with Crippen LogP contribution in [0.2, 0.25) is 0 Å². The van der Waals surface area contributed by atoms with Crippen molar-refractivity contribution < 1.29 is 14.3 Å². The standard InChI is InChI=1S/C27H22O3/c1-29-21-15-11-19(12-16-21)23-7-3-5-9-25(23)27(28)26-10-6-4-8-24(26)20-13-17-22(30-2)18-14-20/h3-18H,1-2H3. The summed E-state index contributed by atoms with van der Waals surface area (Å²) in [5.41, 5.74) is 5.08. The highest BCUT2D eigenvalue weighted by atomic mass is 16.5. The Balaban J connectivity index is 1.77. The molecule has 4 rings (SSSR count). The average molecular weight is 394 g/mol. The molecule has 148 valence electrons. The first kappa shape index (κ1) is 19.5. The molecule has 0 aliphatic heterocycles. The maximum atomic E-state index is 13.6. The van der Waals surface area contributed by atoms with Crippen LogP contribution < -0.4 is 9.47 Å². The number of ketones is 1. The maximum absolute atomic E-state index is 13.6. The van der Waals surface area contributed by atoms with Crippen LogP contribution in [0.15, 0.2) is 97.1 Å². The highest BCUT2D eigenvalue weighted by Gasteiger charge is 2.18. The van der Waals surface area contributed by atoms with Crippen molar-refractivity contribution in [3.63, 3.8) is 0 Å².